The normalized spacial score (nSPS) is 14.9. The first kappa shape index (κ1) is 28.8. The Morgan fingerprint density at radius 1 is 1.02 bits per heavy atom. The number of hydrogen-bond acceptors (Lipinski definition) is 7. The van der Waals surface area contributed by atoms with Gasteiger partial charge in [0.2, 0.25) is 5.91 Å². The van der Waals surface area contributed by atoms with Crippen LogP contribution in [0.3, 0.4) is 0 Å². The largest absolute Gasteiger partial charge is 0.494 e. The van der Waals surface area contributed by atoms with Gasteiger partial charge in [-0.15, -0.1) is 0 Å². The minimum Gasteiger partial charge on any atom is -0.494 e. The topological polar surface area (TPSA) is 115 Å². The number of rotatable bonds is 9. The third-order valence-corrected chi connectivity index (χ3v) is 7.43. The quantitative estimate of drug-likeness (QED) is 0.155. The molecule has 1 aliphatic rings. The van der Waals surface area contributed by atoms with Crippen LogP contribution in [0.5, 0.6) is 5.88 Å². The number of likely N-dealkylation sites (tertiary alicyclic amines) is 1. The Balaban J connectivity index is 1.54. The number of piperidine rings is 1. The molecule has 0 bridgehead atoms. The molecule has 1 unspecified atom stereocenters. The van der Waals surface area contributed by atoms with Crippen LogP contribution in [0.25, 0.3) is 10.9 Å². The molecule has 1 fully saturated rings. The first-order valence-corrected chi connectivity index (χ1v) is 14.2. The maximum absolute atomic E-state index is 12.7. The molecule has 9 nitrogen and oxygen atoms in total. The SMILES string of the molecule is CCOC(=O)c1ccc2c(C(=Nc3ccc(N(C(C)=O)C(C=O)N4CCCCC4)cc3)c3ccccc3)c(O)[nH]c2c1. The Bertz CT molecular complexity index is 1600. The zero-order valence-corrected chi connectivity index (χ0v) is 23.7. The Labute approximate surface area is 244 Å². The lowest BCUT2D eigenvalue weighted by Crippen LogP contribution is -2.53. The summed E-state index contributed by atoms with van der Waals surface area (Å²) in [4.78, 5) is 48.6. The molecule has 1 atom stereocenters. The van der Waals surface area contributed by atoms with Crippen molar-refractivity contribution < 1.29 is 24.2 Å². The van der Waals surface area contributed by atoms with E-state index in [9.17, 15) is 19.5 Å². The third kappa shape index (κ3) is 5.96. The molecule has 0 saturated carbocycles. The Morgan fingerprint density at radius 2 is 1.74 bits per heavy atom. The molecule has 4 aromatic rings. The van der Waals surface area contributed by atoms with E-state index in [0.29, 0.717) is 39.1 Å². The fraction of sp³-hybridized carbons (Fsp3) is 0.273. The van der Waals surface area contributed by atoms with Gasteiger partial charge >= 0.3 is 5.97 Å². The summed E-state index contributed by atoms with van der Waals surface area (Å²) in [5, 5.41) is 11.7. The molecule has 42 heavy (non-hydrogen) atoms. The number of aliphatic imine (C=N–C) groups is 1. The molecule has 0 aliphatic carbocycles. The summed E-state index contributed by atoms with van der Waals surface area (Å²) in [7, 11) is 0. The van der Waals surface area contributed by atoms with Crippen LogP contribution in [0.2, 0.25) is 0 Å². The van der Waals surface area contributed by atoms with Crippen molar-refractivity contribution >= 4 is 46.2 Å². The number of nitrogens with zero attached hydrogens (tertiary/aromatic N) is 3. The van der Waals surface area contributed by atoms with Gasteiger partial charge in [-0.25, -0.2) is 9.79 Å². The van der Waals surface area contributed by atoms with Gasteiger partial charge in [0.15, 0.2) is 12.2 Å². The summed E-state index contributed by atoms with van der Waals surface area (Å²) in [5.74, 6) is -0.739. The minimum atomic E-state index is -0.667. The van der Waals surface area contributed by atoms with Crippen molar-refractivity contribution in [1.82, 2.24) is 9.88 Å². The van der Waals surface area contributed by atoms with Crippen LogP contribution in [0, 0.1) is 0 Å². The van der Waals surface area contributed by atoms with Crippen LogP contribution in [-0.2, 0) is 14.3 Å². The van der Waals surface area contributed by atoms with E-state index in [2.05, 4.69) is 4.98 Å². The number of amides is 1. The van der Waals surface area contributed by atoms with Gasteiger partial charge < -0.3 is 14.8 Å². The predicted octanol–water partition coefficient (Wildman–Crippen LogP) is 5.58. The third-order valence-electron chi connectivity index (χ3n) is 7.43. The first-order valence-electron chi connectivity index (χ1n) is 14.2. The standard InChI is InChI=1S/C33H34N4O5/c1-3-42-33(41)24-12-17-27-28(20-24)35-32(40)30(27)31(23-10-6-4-7-11-23)34-25-13-15-26(16-14-25)37(22(2)39)29(21-38)36-18-8-5-9-19-36/h4,6-7,10-17,20-21,29,35,40H,3,5,8-9,18-19H2,1-2H3. The number of ether oxygens (including phenoxy) is 1. The Kier molecular flexibility index (Phi) is 8.78. The fourth-order valence-corrected chi connectivity index (χ4v) is 5.46. The van der Waals surface area contributed by atoms with Gasteiger partial charge in [0.05, 0.1) is 29.1 Å². The van der Waals surface area contributed by atoms with Crippen molar-refractivity contribution in [3.05, 3.63) is 89.5 Å². The number of nitrogens with one attached hydrogen (secondary N) is 1. The summed E-state index contributed by atoms with van der Waals surface area (Å²) in [6, 6.07) is 21.7. The minimum absolute atomic E-state index is 0.0802. The molecule has 216 valence electrons. The zero-order valence-electron chi connectivity index (χ0n) is 23.7. The van der Waals surface area contributed by atoms with Crippen LogP contribution in [0.1, 0.15) is 54.6 Å². The highest BCUT2D eigenvalue weighted by molar-refractivity contribution is 6.22. The van der Waals surface area contributed by atoms with Crippen molar-refractivity contribution in [2.24, 2.45) is 4.99 Å². The second-order valence-electron chi connectivity index (χ2n) is 10.2. The molecule has 1 amide bonds. The summed E-state index contributed by atoms with van der Waals surface area (Å²) < 4.78 is 5.12. The van der Waals surface area contributed by atoms with Gasteiger partial charge in [0, 0.05) is 42.2 Å². The average Bonchev–Trinajstić information content (AvgIpc) is 3.34. The molecule has 2 heterocycles. The second kappa shape index (κ2) is 12.8. The van der Waals surface area contributed by atoms with Crippen molar-refractivity contribution in [2.45, 2.75) is 39.3 Å². The molecule has 9 heteroatoms. The highest BCUT2D eigenvalue weighted by atomic mass is 16.5. The molecule has 1 saturated heterocycles. The van der Waals surface area contributed by atoms with E-state index in [4.69, 9.17) is 9.73 Å². The van der Waals surface area contributed by atoms with Crippen molar-refractivity contribution in [3.63, 3.8) is 0 Å². The predicted molar refractivity (Wildman–Crippen MR) is 163 cm³/mol. The van der Waals surface area contributed by atoms with Crippen molar-refractivity contribution in [2.75, 3.05) is 24.6 Å². The lowest BCUT2D eigenvalue weighted by Gasteiger charge is -2.38. The van der Waals surface area contributed by atoms with Crippen LogP contribution in [0.4, 0.5) is 11.4 Å². The van der Waals surface area contributed by atoms with Crippen LogP contribution >= 0.6 is 0 Å². The van der Waals surface area contributed by atoms with Crippen LogP contribution in [-0.4, -0.2) is 64.7 Å². The molecule has 1 aliphatic heterocycles. The number of anilines is 1. The van der Waals surface area contributed by atoms with Crippen LogP contribution in [0.15, 0.2) is 77.8 Å². The zero-order chi connectivity index (χ0) is 29.6. The number of hydrogen-bond donors (Lipinski definition) is 2. The number of aromatic nitrogens is 1. The lowest BCUT2D eigenvalue weighted by molar-refractivity contribution is -0.122. The van der Waals surface area contributed by atoms with E-state index < -0.39 is 12.1 Å². The Hall–Kier alpha value is -4.76. The Morgan fingerprint density at radius 3 is 2.38 bits per heavy atom. The van der Waals surface area contributed by atoms with E-state index in [-0.39, 0.29) is 18.4 Å². The molecule has 0 radical (unpaired) electrons. The molecule has 1 aromatic heterocycles. The van der Waals surface area contributed by atoms with E-state index >= 15 is 0 Å². The molecule has 3 aromatic carbocycles. The number of carbonyl (C=O) groups is 3. The van der Waals surface area contributed by atoms with E-state index in [1.165, 1.54) is 11.8 Å². The maximum atomic E-state index is 12.7. The van der Waals surface area contributed by atoms with Gasteiger partial charge in [-0.2, -0.15) is 0 Å². The monoisotopic (exact) mass is 566 g/mol. The van der Waals surface area contributed by atoms with Gasteiger partial charge in [-0.1, -0.05) is 42.8 Å². The number of aldehydes is 1. The number of benzene rings is 3. The lowest BCUT2D eigenvalue weighted by atomic mass is 10.00. The van der Waals surface area contributed by atoms with Crippen LogP contribution < -0.4 is 4.90 Å². The number of carbonyl (C=O) groups excluding carboxylic acids is 3. The highest BCUT2D eigenvalue weighted by Crippen LogP contribution is 2.33. The highest BCUT2D eigenvalue weighted by Gasteiger charge is 2.29. The summed E-state index contributed by atoms with van der Waals surface area (Å²) in [6.07, 6.45) is 3.28. The second-order valence-corrected chi connectivity index (χ2v) is 10.2. The van der Waals surface area contributed by atoms with E-state index in [1.54, 1.807) is 49.4 Å². The number of H-pyrrole nitrogens is 1. The van der Waals surface area contributed by atoms with Gasteiger partial charge in [-0.05, 0) is 56.2 Å². The van der Waals surface area contributed by atoms with Crippen molar-refractivity contribution in [1.29, 1.82) is 0 Å². The summed E-state index contributed by atoms with van der Waals surface area (Å²) in [6.45, 7) is 5.01. The van der Waals surface area contributed by atoms with Gasteiger partial charge in [-0.3, -0.25) is 19.4 Å². The van der Waals surface area contributed by atoms with Gasteiger partial charge in [0.1, 0.15) is 6.17 Å². The first-order chi connectivity index (χ1) is 20.4. The molecule has 0 spiro atoms. The summed E-state index contributed by atoms with van der Waals surface area (Å²) in [5.41, 5.74) is 3.95. The van der Waals surface area contributed by atoms with Gasteiger partial charge in [0.25, 0.3) is 0 Å². The van der Waals surface area contributed by atoms with E-state index in [1.807, 2.05) is 35.2 Å². The molecule has 5 rings (SSSR count). The maximum Gasteiger partial charge on any atom is 0.338 e. The smallest absolute Gasteiger partial charge is 0.338 e. The number of aromatic hydroxyl groups is 1. The molecular formula is C33H34N4O5. The fourth-order valence-electron chi connectivity index (χ4n) is 5.46. The molecular weight excluding hydrogens is 532 g/mol. The number of aromatic amines is 1. The van der Waals surface area contributed by atoms with E-state index in [0.717, 1.165) is 44.2 Å². The number of fused-ring (bicyclic) bond motifs is 1. The summed E-state index contributed by atoms with van der Waals surface area (Å²) >= 11 is 0. The van der Waals surface area contributed by atoms with Crippen molar-refractivity contribution in [3.8, 4) is 5.88 Å². The number of esters is 1. The molecule has 2 N–H and O–H groups in total. The average molecular weight is 567 g/mol.